The molecule has 2 aromatic rings. The fourth-order valence-electron chi connectivity index (χ4n) is 1.65. The average molecular weight is 300 g/mol. The van der Waals surface area contributed by atoms with Crippen LogP contribution in [0.3, 0.4) is 0 Å². The maximum Gasteiger partial charge on any atom is 0.259 e. The molecule has 0 radical (unpaired) electrons. The summed E-state index contributed by atoms with van der Waals surface area (Å²) in [5.41, 5.74) is 1.04. The van der Waals surface area contributed by atoms with Gasteiger partial charge in [-0.25, -0.2) is 0 Å². The molecule has 19 heavy (non-hydrogen) atoms. The van der Waals surface area contributed by atoms with Gasteiger partial charge in [0.2, 0.25) is 5.89 Å². The topological polar surface area (TPSA) is 51.0 Å². The number of hydrogen-bond acceptors (Lipinski definition) is 5. The van der Waals surface area contributed by atoms with Gasteiger partial charge in [0.15, 0.2) is 0 Å². The van der Waals surface area contributed by atoms with Crippen LogP contribution in [0.25, 0.3) is 10.8 Å². The summed E-state index contributed by atoms with van der Waals surface area (Å²) in [7, 11) is 0. The van der Waals surface area contributed by atoms with E-state index in [-0.39, 0.29) is 0 Å². The maximum atomic E-state index is 6.19. The number of halogens is 1. The van der Waals surface area contributed by atoms with Gasteiger partial charge in [-0.2, -0.15) is 0 Å². The average Bonchev–Trinajstić information content (AvgIpc) is 2.94. The Balaban J connectivity index is 1.94. The Labute approximate surface area is 122 Å². The van der Waals surface area contributed by atoms with E-state index in [1.807, 2.05) is 12.3 Å². The third-order valence-corrected chi connectivity index (χ3v) is 4.37. The van der Waals surface area contributed by atoms with Gasteiger partial charge >= 0.3 is 0 Å². The van der Waals surface area contributed by atoms with Gasteiger partial charge in [-0.15, -0.1) is 21.5 Å². The van der Waals surface area contributed by atoms with Crippen LogP contribution >= 0.6 is 22.9 Å². The van der Waals surface area contributed by atoms with E-state index in [0.29, 0.717) is 22.8 Å². The molecule has 2 rings (SSSR count). The van der Waals surface area contributed by atoms with Crippen molar-refractivity contribution in [2.75, 3.05) is 6.54 Å². The molecule has 2 heterocycles. The van der Waals surface area contributed by atoms with E-state index in [9.17, 15) is 0 Å². The Morgan fingerprint density at radius 2 is 2.21 bits per heavy atom. The van der Waals surface area contributed by atoms with Crippen LogP contribution in [0.1, 0.15) is 31.7 Å². The molecule has 1 N–H and O–H groups in total. The number of nitrogens with zero attached hydrogens (tertiary/aromatic N) is 2. The van der Waals surface area contributed by atoms with Gasteiger partial charge in [0.05, 0.1) is 5.02 Å². The molecule has 0 spiro atoms. The Morgan fingerprint density at radius 3 is 2.84 bits per heavy atom. The highest BCUT2D eigenvalue weighted by Gasteiger charge is 2.15. The van der Waals surface area contributed by atoms with Crippen molar-refractivity contribution in [2.24, 2.45) is 0 Å². The second kappa shape index (κ2) is 6.50. The molecule has 0 aromatic carbocycles. The number of aromatic nitrogens is 2. The number of hydrogen-bond donors (Lipinski definition) is 1. The maximum absolute atomic E-state index is 6.19. The van der Waals surface area contributed by atoms with Gasteiger partial charge < -0.3 is 9.73 Å². The predicted molar refractivity (Wildman–Crippen MR) is 78.8 cm³/mol. The van der Waals surface area contributed by atoms with Crippen LogP contribution in [-0.4, -0.2) is 22.8 Å². The Hall–Kier alpha value is -0.910. The van der Waals surface area contributed by atoms with E-state index in [1.54, 1.807) is 0 Å². The summed E-state index contributed by atoms with van der Waals surface area (Å²) in [6, 6.07) is 0.506. The zero-order valence-electron chi connectivity index (χ0n) is 11.4. The van der Waals surface area contributed by atoms with Gasteiger partial charge in [0.25, 0.3) is 5.89 Å². The van der Waals surface area contributed by atoms with Crippen LogP contribution in [0.5, 0.6) is 0 Å². The summed E-state index contributed by atoms with van der Waals surface area (Å²) >= 11 is 7.72. The first-order valence-corrected chi connectivity index (χ1v) is 7.63. The molecule has 0 saturated carbocycles. The molecule has 0 aliphatic carbocycles. The minimum Gasteiger partial charge on any atom is -0.420 e. The van der Waals surface area contributed by atoms with E-state index in [2.05, 4.69) is 29.4 Å². The number of thiophene rings is 1. The van der Waals surface area contributed by atoms with Gasteiger partial charge in [0.1, 0.15) is 4.88 Å². The van der Waals surface area contributed by atoms with Crippen molar-refractivity contribution in [1.29, 1.82) is 0 Å². The van der Waals surface area contributed by atoms with Gasteiger partial charge in [-0.3, -0.25) is 0 Å². The molecular formula is C13H18ClN3OS. The fraction of sp³-hybridized carbons (Fsp3) is 0.538. The lowest BCUT2D eigenvalue weighted by Gasteiger charge is -2.05. The standard InChI is InChI=1S/C13H18ClN3OS/c1-8(2)15-6-4-5-10-16-17-13(18-10)12-11(14)9(3)7-19-12/h7-8,15H,4-6H2,1-3H3. The fourth-order valence-corrected chi connectivity index (χ4v) is 2.84. The largest absolute Gasteiger partial charge is 0.420 e. The van der Waals surface area contributed by atoms with Gasteiger partial charge in [0, 0.05) is 12.5 Å². The molecule has 0 fully saturated rings. The number of nitrogens with one attached hydrogen (secondary N) is 1. The van der Waals surface area contributed by atoms with Crippen LogP contribution in [0, 0.1) is 6.92 Å². The Morgan fingerprint density at radius 1 is 1.42 bits per heavy atom. The normalized spacial score (nSPS) is 11.4. The van der Waals surface area contributed by atoms with Crippen LogP contribution in [0.4, 0.5) is 0 Å². The Bertz CT molecular complexity index is 536. The third-order valence-electron chi connectivity index (χ3n) is 2.68. The molecule has 104 valence electrons. The van der Waals surface area contributed by atoms with Crippen LogP contribution < -0.4 is 5.32 Å². The molecule has 4 nitrogen and oxygen atoms in total. The monoisotopic (exact) mass is 299 g/mol. The SMILES string of the molecule is Cc1csc(-c2nnc(CCCNC(C)C)o2)c1Cl. The summed E-state index contributed by atoms with van der Waals surface area (Å²) in [5.74, 6) is 1.19. The van der Waals surface area contributed by atoms with Crippen LogP contribution in [0.2, 0.25) is 5.02 Å². The molecule has 0 bridgehead atoms. The van der Waals surface area contributed by atoms with Crippen molar-refractivity contribution in [3.63, 3.8) is 0 Å². The van der Waals surface area contributed by atoms with Gasteiger partial charge in [-0.1, -0.05) is 25.4 Å². The first-order valence-electron chi connectivity index (χ1n) is 6.37. The summed E-state index contributed by atoms with van der Waals surface area (Å²) in [4.78, 5) is 0.859. The smallest absolute Gasteiger partial charge is 0.259 e. The lowest BCUT2D eigenvalue weighted by atomic mass is 10.3. The van der Waals surface area contributed by atoms with Crippen LogP contribution in [0.15, 0.2) is 9.80 Å². The van der Waals surface area contributed by atoms with E-state index < -0.39 is 0 Å². The van der Waals surface area contributed by atoms with E-state index in [1.165, 1.54) is 11.3 Å². The summed E-state index contributed by atoms with van der Waals surface area (Å²) in [6.45, 7) is 7.18. The van der Waals surface area contributed by atoms with Crippen LogP contribution in [-0.2, 0) is 6.42 Å². The molecule has 0 aliphatic heterocycles. The highest BCUT2D eigenvalue weighted by molar-refractivity contribution is 7.14. The second-order valence-corrected chi connectivity index (χ2v) is 6.03. The summed E-state index contributed by atoms with van der Waals surface area (Å²) < 4.78 is 5.65. The second-order valence-electron chi connectivity index (χ2n) is 4.78. The van der Waals surface area contributed by atoms with Gasteiger partial charge in [-0.05, 0) is 30.8 Å². The number of aryl methyl sites for hydroxylation is 2. The summed E-state index contributed by atoms with van der Waals surface area (Å²) in [5, 5.41) is 14.2. The van der Waals surface area contributed by atoms with Crippen molar-refractivity contribution in [2.45, 2.75) is 39.7 Å². The van der Waals surface area contributed by atoms with E-state index >= 15 is 0 Å². The van der Waals surface area contributed by atoms with Crippen molar-refractivity contribution < 1.29 is 4.42 Å². The Kier molecular flexibility index (Phi) is 4.96. The van der Waals surface area contributed by atoms with Crippen molar-refractivity contribution in [3.05, 3.63) is 21.9 Å². The van der Waals surface area contributed by atoms with E-state index in [4.69, 9.17) is 16.0 Å². The molecule has 2 aromatic heterocycles. The van der Waals surface area contributed by atoms with E-state index in [0.717, 1.165) is 29.8 Å². The lowest BCUT2D eigenvalue weighted by molar-refractivity contribution is 0.484. The van der Waals surface area contributed by atoms with Crippen molar-refractivity contribution in [1.82, 2.24) is 15.5 Å². The number of rotatable bonds is 6. The third kappa shape index (κ3) is 3.78. The zero-order chi connectivity index (χ0) is 13.8. The minimum atomic E-state index is 0.506. The van der Waals surface area contributed by atoms with Crippen molar-refractivity contribution >= 4 is 22.9 Å². The first-order chi connectivity index (χ1) is 9.08. The summed E-state index contributed by atoms with van der Waals surface area (Å²) in [6.07, 6.45) is 1.77. The molecule has 0 unspecified atom stereocenters. The zero-order valence-corrected chi connectivity index (χ0v) is 12.9. The molecule has 6 heteroatoms. The molecule has 0 saturated heterocycles. The predicted octanol–water partition coefficient (Wildman–Crippen LogP) is 3.69. The quantitative estimate of drug-likeness (QED) is 0.827. The lowest BCUT2D eigenvalue weighted by Crippen LogP contribution is -2.23. The minimum absolute atomic E-state index is 0.506. The molecular weight excluding hydrogens is 282 g/mol. The highest BCUT2D eigenvalue weighted by atomic mass is 35.5. The molecule has 0 atom stereocenters. The first kappa shape index (κ1) is 14.5. The highest BCUT2D eigenvalue weighted by Crippen LogP contribution is 2.35. The molecule has 0 aliphatic rings. The molecule has 0 amide bonds. The van der Waals surface area contributed by atoms with Crippen molar-refractivity contribution in [3.8, 4) is 10.8 Å².